The van der Waals surface area contributed by atoms with Gasteiger partial charge in [0.15, 0.2) is 23.1 Å². The lowest BCUT2D eigenvalue weighted by Gasteiger charge is -2.25. The molecule has 0 fully saturated rings. The molecule has 4 heterocycles. The van der Waals surface area contributed by atoms with Crippen LogP contribution < -0.4 is 39.5 Å². The standard InChI is InChI=1S/C63H73N5O12S3/c1-9-53(69)58(83(75,76)77)21-23-81-82-63(5,6)22-20-59(71)64-39(4)54(70)25-38(3)60(72)65-45-27-40(35-79-55-33-52-49(24-37(55)2)62(74)68-47(34-66(52)7)30-44-15-11-13-17-51(44)68)26-41(28-45)36-80-57-31-42-18-19-46-29-43-14-10-12-16-50(43)67(46)61(73)48(42)32-56(57)78-8/h10-17,24,26-28,31-33,38-39,46-47,58H,9,18-23,25,29-30,34-36H2,1-8H3,(H,64,71)(H,65,72)(H,75,76,77)/t38-,39-,46+,47-,58?/m0/s1. The molecule has 17 nitrogen and oxygen atoms in total. The van der Waals surface area contributed by atoms with Gasteiger partial charge in [-0.25, -0.2) is 0 Å². The molecule has 0 saturated heterocycles. The number of likely N-dealkylation sites (N-methyl/N-ethyl adjacent to an activating group) is 1. The Hall–Kier alpha value is -6.87. The highest BCUT2D eigenvalue weighted by Crippen LogP contribution is 2.43. The quantitative estimate of drug-likeness (QED) is 0.0297. The lowest BCUT2D eigenvalue weighted by Crippen LogP contribution is -2.41. The van der Waals surface area contributed by atoms with E-state index in [1.165, 1.54) is 28.7 Å². The van der Waals surface area contributed by atoms with Gasteiger partial charge in [-0.05, 0) is 148 Å². The molecular formula is C63H73N5O12S3. The van der Waals surface area contributed by atoms with Gasteiger partial charge >= 0.3 is 0 Å². The van der Waals surface area contributed by atoms with Crippen LogP contribution in [0.3, 0.4) is 0 Å². The summed E-state index contributed by atoms with van der Waals surface area (Å²) >= 11 is 0. The molecule has 4 aliphatic rings. The van der Waals surface area contributed by atoms with Crippen molar-refractivity contribution < 1.29 is 55.9 Å². The summed E-state index contributed by atoms with van der Waals surface area (Å²) in [5.41, 5.74) is 9.58. The van der Waals surface area contributed by atoms with Crippen molar-refractivity contribution in [2.45, 2.75) is 141 Å². The minimum absolute atomic E-state index is 0.00448. The van der Waals surface area contributed by atoms with Crippen molar-refractivity contribution >= 4 is 89.7 Å². The largest absolute Gasteiger partial charge is 0.493 e. The first-order valence-corrected chi connectivity index (χ1v) is 32.0. The third kappa shape index (κ3) is 13.9. The Morgan fingerprint density at radius 2 is 1.41 bits per heavy atom. The summed E-state index contributed by atoms with van der Waals surface area (Å²) in [6.45, 7) is 11.3. The van der Waals surface area contributed by atoms with Gasteiger partial charge in [0.05, 0.1) is 30.4 Å². The maximum Gasteiger partial charge on any atom is 0.275 e. The van der Waals surface area contributed by atoms with Gasteiger partial charge < -0.3 is 39.5 Å². The number of carbonyl (C=O) groups excluding carboxylic acids is 6. The summed E-state index contributed by atoms with van der Waals surface area (Å²) in [4.78, 5) is 87.2. The van der Waals surface area contributed by atoms with Crippen LogP contribution in [0.2, 0.25) is 0 Å². The van der Waals surface area contributed by atoms with E-state index in [1.54, 1.807) is 39.0 Å². The number of ether oxygens (including phenoxy) is 3. The number of ketones is 2. The Morgan fingerprint density at radius 1 is 0.783 bits per heavy atom. The highest BCUT2D eigenvalue weighted by Gasteiger charge is 2.40. The number of nitrogens with zero attached hydrogens (tertiary/aromatic N) is 3. The SMILES string of the molecule is CCC(=O)C(CCSSC(C)(C)CCC(=O)N[C@@H](C)C(=O)C[C@H](C)C(=O)Nc1cc(COc2cc3c(cc2C)C(=O)N2c4ccccc4C[C@H]2CN3C)cc(COc2cc3c(cc2OC)C(=O)N2c4ccccc4C[C@H]2CC3)c1)S(=O)(=O)O. The number of Topliss-reactive ketones (excluding diaryl/α,β-unsaturated/α-hetero) is 2. The summed E-state index contributed by atoms with van der Waals surface area (Å²) in [7, 11) is 1.82. The molecule has 4 aliphatic heterocycles. The molecule has 0 aromatic heterocycles. The molecule has 0 aliphatic carbocycles. The first-order valence-electron chi connectivity index (χ1n) is 28.2. The third-order valence-corrected chi connectivity index (χ3v) is 20.7. The first-order chi connectivity index (χ1) is 39.5. The van der Waals surface area contributed by atoms with Crippen molar-refractivity contribution in [1.82, 2.24) is 5.32 Å². The van der Waals surface area contributed by atoms with Crippen LogP contribution in [-0.2, 0) is 61.8 Å². The van der Waals surface area contributed by atoms with E-state index in [0.717, 1.165) is 58.6 Å². The Bertz CT molecular complexity index is 3460. The van der Waals surface area contributed by atoms with Gasteiger partial charge in [-0.3, -0.25) is 33.3 Å². The molecule has 0 saturated carbocycles. The summed E-state index contributed by atoms with van der Waals surface area (Å²) in [6.07, 6.45) is 3.36. The fourth-order valence-corrected chi connectivity index (χ4v) is 15.2. The van der Waals surface area contributed by atoms with E-state index < -0.39 is 43.8 Å². The third-order valence-electron chi connectivity index (χ3n) is 16.1. The highest BCUT2D eigenvalue weighted by atomic mass is 33.1. The van der Waals surface area contributed by atoms with E-state index in [0.29, 0.717) is 70.3 Å². The summed E-state index contributed by atoms with van der Waals surface area (Å²) in [6, 6.07) is 28.2. The number of para-hydroxylation sites is 2. The molecule has 5 aromatic carbocycles. The summed E-state index contributed by atoms with van der Waals surface area (Å²) in [5.74, 6) is -0.801. The average molecular weight is 1190 g/mol. The smallest absolute Gasteiger partial charge is 0.275 e. The second kappa shape index (κ2) is 25.5. The molecular weight excluding hydrogens is 1110 g/mol. The molecule has 3 N–H and O–H groups in total. The molecule has 0 radical (unpaired) electrons. The lowest BCUT2D eigenvalue weighted by atomic mass is 9.99. The Kier molecular flexibility index (Phi) is 18.7. The van der Waals surface area contributed by atoms with E-state index in [1.807, 2.05) is 98.3 Å². The number of benzene rings is 5. The molecule has 83 heavy (non-hydrogen) atoms. The minimum Gasteiger partial charge on any atom is -0.493 e. The topological polar surface area (TPSA) is 218 Å². The van der Waals surface area contributed by atoms with Gasteiger partial charge in [0.2, 0.25) is 11.8 Å². The van der Waals surface area contributed by atoms with E-state index in [2.05, 4.69) is 27.7 Å². The predicted octanol–water partition coefficient (Wildman–Crippen LogP) is 10.3. The van der Waals surface area contributed by atoms with E-state index in [-0.39, 0.29) is 74.5 Å². The maximum absolute atomic E-state index is 14.3. The van der Waals surface area contributed by atoms with Crippen molar-refractivity contribution in [3.63, 3.8) is 0 Å². The van der Waals surface area contributed by atoms with E-state index in [4.69, 9.17) is 14.2 Å². The van der Waals surface area contributed by atoms with Gasteiger partial charge in [0.25, 0.3) is 21.9 Å². The van der Waals surface area contributed by atoms with Crippen LogP contribution in [0, 0.1) is 12.8 Å². The van der Waals surface area contributed by atoms with E-state index in [9.17, 15) is 41.7 Å². The number of carbonyl (C=O) groups is 6. The molecule has 5 atom stereocenters. The van der Waals surface area contributed by atoms with E-state index >= 15 is 0 Å². The molecule has 5 aromatic rings. The zero-order valence-electron chi connectivity index (χ0n) is 48.2. The van der Waals surface area contributed by atoms with Gasteiger partial charge in [0.1, 0.15) is 24.2 Å². The first kappa shape index (κ1) is 60.7. The number of methoxy groups -OCH3 is 1. The van der Waals surface area contributed by atoms with Crippen molar-refractivity contribution in [2.24, 2.45) is 5.92 Å². The number of fused-ring (bicyclic) bond motifs is 8. The fraction of sp³-hybridized carbons (Fsp3) is 0.429. The Morgan fingerprint density at radius 3 is 2.06 bits per heavy atom. The Balaban J connectivity index is 0.874. The van der Waals surface area contributed by atoms with Crippen molar-refractivity contribution in [2.75, 3.05) is 46.5 Å². The molecule has 20 heteroatoms. The molecule has 0 spiro atoms. The average Bonchev–Trinajstić information content (AvgIpc) is 2.83. The minimum atomic E-state index is -4.51. The van der Waals surface area contributed by atoms with Crippen LogP contribution in [0.1, 0.15) is 127 Å². The van der Waals surface area contributed by atoms with Crippen molar-refractivity contribution in [1.29, 1.82) is 0 Å². The monoisotopic (exact) mass is 1190 g/mol. The predicted molar refractivity (Wildman–Crippen MR) is 326 cm³/mol. The molecule has 4 amide bonds. The van der Waals surface area contributed by atoms with Gasteiger partial charge in [-0.15, -0.1) is 0 Å². The van der Waals surface area contributed by atoms with Gasteiger partial charge in [0, 0.05) is 84.0 Å². The van der Waals surface area contributed by atoms with Crippen molar-refractivity contribution in [3.05, 3.63) is 136 Å². The summed E-state index contributed by atoms with van der Waals surface area (Å²) in [5, 5.41) is 4.32. The fourth-order valence-electron chi connectivity index (χ4n) is 11.5. The van der Waals surface area contributed by atoms with Crippen LogP contribution >= 0.6 is 21.6 Å². The normalized spacial score (nSPS) is 17.3. The number of aryl methyl sites for hydroxylation is 2. The number of amides is 4. The second-order valence-electron chi connectivity index (χ2n) is 22.8. The molecule has 0 bridgehead atoms. The van der Waals surface area contributed by atoms with Gasteiger partial charge in [-0.2, -0.15) is 8.42 Å². The highest BCUT2D eigenvalue weighted by molar-refractivity contribution is 8.77. The zero-order chi connectivity index (χ0) is 59.5. The number of rotatable bonds is 24. The van der Waals surface area contributed by atoms with Gasteiger partial charge in [-0.1, -0.05) is 71.8 Å². The Labute approximate surface area is 494 Å². The number of nitrogens with one attached hydrogen (secondary N) is 2. The molecule has 1 unspecified atom stereocenters. The van der Waals surface area contributed by atoms with Crippen LogP contribution in [0.25, 0.3) is 0 Å². The molecule has 440 valence electrons. The van der Waals surface area contributed by atoms with Crippen LogP contribution in [0.5, 0.6) is 17.2 Å². The zero-order valence-corrected chi connectivity index (χ0v) is 50.7. The second-order valence-corrected chi connectivity index (χ2v) is 27.5. The number of hydrogen-bond donors (Lipinski definition) is 3. The lowest BCUT2D eigenvalue weighted by molar-refractivity contribution is -0.129. The van der Waals surface area contributed by atoms with Crippen LogP contribution in [-0.4, -0.2) is 103 Å². The maximum atomic E-state index is 14.3. The van der Waals surface area contributed by atoms with Crippen molar-refractivity contribution in [3.8, 4) is 17.2 Å². The molecule has 9 rings (SSSR count). The number of hydrogen-bond acceptors (Lipinski definition) is 14. The summed E-state index contributed by atoms with van der Waals surface area (Å²) < 4.78 is 51.5. The van der Waals surface area contributed by atoms with Crippen LogP contribution in [0.4, 0.5) is 22.7 Å². The van der Waals surface area contributed by atoms with Crippen LogP contribution in [0.15, 0.2) is 91.0 Å². The number of anilines is 4.